The van der Waals surface area contributed by atoms with Crippen LogP contribution >= 0.6 is 11.3 Å². The van der Waals surface area contributed by atoms with Gasteiger partial charge >= 0.3 is 0 Å². The van der Waals surface area contributed by atoms with E-state index >= 15 is 0 Å². The molecule has 1 N–H and O–H groups in total. The zero-order valence-corrected chi connectivity index (χ0v) is 18.2. The smallest absolute Gasteiger partial charge is 0.264 e. The van der Waals surface area contributed by atoms with E-state index in [1.54, 1.807) is 19.2 Å². The highest BCUT2D eigenvalue weighted by atomic mass is 32.1. The Morgan fingerprint density at radius 2 is 1.77 bits per heavy atom. The molecule has 5 rings (SSSR count). The molecule has 1 aliphatic rings. The number of amides is 1. The van der Waals surface area contributed by atoms with Crippen molar-refractivity contribution in [2.24, 2.45) is 0 Å². The van der Waals surface area contributed by atoms with Gasteiger partial charge in [-0.25, -0.2) is 0 Å². The fourth-order valence-electron chi connectivity index (χ4n) is 4.46. The highest BCUT2D eigenvalue weighted by Crippen LogP contribution is 2.42. The Labute approximate surface area is 184 Å². The highest BCUT2D eigenvalue weighted by molar-refractivity contribution is 7.15. The van der Waals surface area contributed by atoms with Gasteiger partial charge in [-0.3, -0.25) is 9.59 Å². The van der Waals surface area contributed by atoms with E-state index in [2.05, 4.69) is 17.1 Å². The number of Topliss-reactive ketones (excluding diaryl/α,β-unsaturated/α-hetero) is 1. The van der Waals surface area contributed by atoms with Crippen molar-refractivity contribution in [3.8, 4) is 5.75 Å². The average Bonchev–Trinajstić information content (AvgIpc) is 3.43. The Balaban J connectivity index is 1.67. The zero-order chi connectivity index (χ0) is 21.5. The summed E-state index contributed by atoms with van der Waals surface area (Å²) in [6, 6.07) is 19.3. The van der Waals surface area contributed by atoms with E-state index in [0.29, 0.717) is 16.3 Å². The molecule has 1 amide bonds. The number of carbonyl (C=O) groups excluding carboxylic acids is 2. The van der Waals surface area contributed by atoms with Crippen LogP contribution < -0.4 is 4.74 Å². The molecule has 0 spiro atoms. The van der Waals surface area contributed by atoms with Crippen molar-refractivity contribution in [1.29, 1.82) is 0 Å². The van der Waals surface area contributed by atoms with Crippen LogP contribution in [0.25, 0.3) is 10.9 Å². The van der Waals surface area contributed by atoms with E-state index in [1.807, 2.05) is 41.3 Å². The van der Waals surface area contributed by atoms with Crippen molar-refractivity contribution in [2.45, 2.75) is 19.4 Å². The zero-order valence-electron chi connectivity index (χ0n) is 17.3. The summed E-state index contributed by atoms with van der Waals surface area (Å²) in [6.07, 6.45) is 0.766. The molecular weight excluding hydrogens is 408 g/mol. The number of nitrogens with zero attached hydrogens (tertiary/aromatic N) is 1. The van der Waals surface area contributed by atoms with E-state index in [0.717, 1.165) is 28.9 Å². The Morgan fingerprint density at radius 1 is 1.03 bits per heavy atom. The first kappa shape index (κ1) is 19.6. The molecule has 5 nitrogen and oxygen atoms in total. The maximum Gasteiger partial charge on any atom is 0.264 e. The van der Waals surface area contributed by atoms with Crippen molar-refractivity contribution < 1.29 is 14.3 Å². The monoisotopic (exact) mass is 430 g/mol. The lowest BCUT2D eigenvalue weighted by atomic mass is 9.91. The van der Waals surface area contributed by atoms with Gasteiger partial charge in [0.05, 0.1) is 16.9 Å². The van der Waals surface area contributed by atoms with Crippen LogP contribution in [0.1, 0.15) is 49.1 Å². The number of thiophene rings is 1. The molecule has 0 bridgehead atoms. The van der Waals surface area contributed by atoms with Crippen LogP contribution in [0.4, 0.5) is 0 Å². The van der Waals surface area contributed by atoms with Gasteiger partial charge in [0.1, 0.15) is 11.8 Å². The largest absolute Gasteiger partial charge is 0.496 e. The first-order chi connectivity index (χ1) is 15.1. The van der Waals surface area contributed by atoms with Crippen LogP contribution in [-0.2, 0) is 6.42 Å². The molecule has 0 fully saturated rings. The quantitative estimate of drug-likeness (QED) is 0.451. The topological polar surface area (TPSA) is 62.4 Å². The fourth-order valence-corrected chi connectivity index (χ4v) is 5.32. The third-order valence-electron chi connectivity index (χ3n) is 5.89. The van der Waals surface area contributed by atoms with Gasteiger partial charge in [-0.2, -0.15) is 0 Å². The number of H-pyrrole nitrogens is 1. The molecular formula is C25H22N2O3S. The fraction of sp³-hybridized carbons (Fsp3) is 0.200. The molecule has 0 aliphatic carbocycles. The minimum Gasteiger partial charge on any atom is -0.496 e. The Bertz CT molecular complexity index is 1300. The van der Waals surface area contributed by atoms with Gasteiger partial charge in [0.2, 0.25) is 0 Å². The van der Waals surface area contributed by atoms with Gasteiger partial charge in [0.25, 0.3) is 5.91 Å². The number of methoxy groups -OCH3 is 1. The molecule has 2 aromatic carbocycles. The second-order valence-corrected chi connectivity index (χ2v) is 8.76. The Kier molecular flexibility index (Phi) is 4.87. The first-order valence-corrected chi connectivity index (χ1v) is 11.0. The van der Waals surface area contributed by atoms with Gasteiger partial charge in [-0.05, 0) is 43.2 Å². The van der Waals surface area contributed by atoms with E-state index in [9.17, 15) is 9.59 Å². The lowest BCUT2D eigenvalue weighted by Crippen LogP contribution is -2.40. The molecule has 0 saturated carbocycles. The number of ether oxygens (including phenoxy) is 1. The second-order valence-electron chi connectivity index (χ2n) is 7.68. The maximum atomic E-state index is 13.6. The standard InChI is InChI=1S/C25H22N2O3S/c1-15(28)21-11-12-22(31-21)25(29)27-14-13-17-16-7-3-5-9-19(16)26-23(17)24(27)18-8-4-6-10-20(18)30-2/h3-12,24,26H,13-14H2,1-2H3. The van der Waals surface area contributed by atoms with Crippen LogP contribution in [-0.4, -0.2) is 35.2 Å². The van der Waals surface area contributed by atoms with Gasteiger partial charge in [-0.1, -0.05) is 36.4 Å². The number of hydrogen-bond donors (Lipinski definition) is 1. The lowest BCUT2D eigenvalue weighted by molar-refractivity contribution is 0.0695. The summed E-state index contributed by atoms with van der Waals surface area (Å²) in [4.78, 5) is 32.0. The van der Waals surface area contributed by atoms with Crippen molar-refractivity contribution >= 4 is 33.9 Å². The minimum absolute atomic E-state index is 0.0260. The lowest BCUT2D eigenvalue weighted by Gasteiger charge is -2.36. The number of hydrogen-bond acceptors (Lipinski definition) is 4. The Hall–Kier alpha value is -3.38. The second kappa shape index (κ2) is 7.71. The van der Waals surface area contributed by atoms with Crippen LogP contribution in [0.2, 0.25) is 0 Å². The van der Waals surface area contributed by atoms with Gasteiger partial charge in [0.15, 0.2) is 5.78 Å². The highest BCUT2D eigenvalue weighted by Gasteiger charge is 2.36. The third-order valence-corrected chi connectivity index (χ3v) is 7.07. The summed E-state index contributed by atoms with van der Waals surface area (Å²) in [6.45, 7) is 2.11. The third kappa shape index (κ3) is 3.24. The van der Waals surface area contributed by atoms with Gasteiger partial charge in [-0.15, -0.1) is 11.3 Å². The summed E-state index contributed by atoms with van der Waals surface area (Å²) in [5.74, 6) is 0.645. The number of rotatable bonds is 4. The normalized spacial score (nSPS) is 15.7. The molecule has 2 aromatic heterocycles. The predicted molar refractivity (Wildman–Crippen MR) is 122 cm³/mol. The number of para-hydroxylation sites is 2. The van der Waals surface area contributed by atoms with E-state index < -0.39 is 0 Å². The SMILES string of the molecule is COc1ccccc1C1c2[nH]c3ccccc3c2CCN1C(=O)c1ccc(C(C)=O)s1. The van der Waals surface area contributed by atoms with Crippen LogP contribution in [0.5, 0.6) is 5.75 Å². The number of fused-ring (bicyclic) bond motifs is 3. The molecule has 3 heterocycles. The van der Waals surface area contributed by atoms with E-state index in [4.69, 9.17) is 4.74 Å². The molecule has 1 aliphatic heterocycles. The number of nitrogens with one attached hydrogen (secondary N) is 1. The van der Waals surface area contributed by atoms with Gasteiger partial charge in [0, 0.05) is 28.7 Å². The van der Waals surface area contributed by atoms with Gasteiger partial charge < -0.3 is 14.6 Å². The maximum absolute atomic E-state index is 13.6. The summed E-state index contributed by atoms with van der Waals surface area (Å²) >= 11 is 1.25. The number of carbonyl (C=O) groups is 2. The summed E-state index contributed by atoms with van der Waals surface area (Å²) in [5, 5.41) is 1.19. The molecule has 0 saturated heterocycles. The minimum atomic E-state index is -0.303. The van der Waals surface area contributed by atoms with Crippen molar-refractivity contribution in [2.75, 3.05) is 13.7 Å². The summed E-state index contributed by atoms with van der Waals surface area (Å²) < 4.78 is 5.66. The molecule has 1 atom stereocenters. The molecule has 1 unspecified atom stereocenters. The van der Waals surface area contributed by atoms with Crippen LogP contribution in [0, 0.1) is 0 Å². The van der Waals surface area contributed by atoms with Crippen molar-refractivity contribution in [1.82, 2.24) is 9.88 Å². The summed E-state index contributed by atoms with van der Waals surface area (Å²) in [7, 11) is 1.65. The first-order valence-electron chi connectivity index (χ1n) is 10.2. The molecule has 6 heteroatoms. The van der Waals surface area contributed by atoms with E-state index in [1.165, 1.54) is 29.2 Å². The number of aromatic nitrogens is 1. The average molecular weight is 431 g/mol. The molecule has 31 heavy (non-hydrogen) atoms. The number of benzene rings is 2. The Morgan fingerprint density at radius 3 is 2.55 bits per heavy atom. The molecule has 4 aromatic rings. The number of ketones is 1. The molecule has 156 valence electrons. The van der Waals surface area contributed by atoms with Crippen LogP contribution in [0.3, 0.4) is 0 Å². The van der Waals surface area contributed by atoms with E-state index in [-0.39, 0.29) is 17.7 Å². The molecule has 0 radical (unpaired) electrons. The summed E-state index contributed by atoms with van der Waals surface area (Å²) in [5.41, 5.74) is 4.27. The predicted octanol–water partition coefficient (Wildman–Crippen LogP) is 5.23. The van der Waals surface area contributed by atoms with Crippen molar-refractivity contribution in [3.05, 3.63) is 87.2 Å². The van der Waals surface area contributed by atoms with Crippen molar-refractivity contribution in [3.63, 3.8) is 0 Å². The number of aromatic amines is 1. The van der Waals surface area contributed by atoms with Crippen LogP contribution in [0.15, 0.2) is 60.7 Å².